The first-order chi connectivity index (χ1) is 9.25. The molecule has 0 radical (unpaired) electrons. The van der Waals surface area contributed by atoms with Crippen molar-refractivity contribution < 1.29 is 4.21 Å². The maximum absolute atomic E-state index is 12.7. The Labute approximate surface area is 121 Å². The van der Waals surface area contributed by atoms with Gasteiger partial charge in [-0.15, -0.1) is 0 Å². The van der Waals surface area contributed by atoms with E-state index in [1.807, 2.05) is 48.5 Å². The molecule has 1 aliphatic heterocycles. The fourth-order valence-corrected chi connectivity index (χ4v) is 4.40. The maximum atomic E-state index is 12.7. The van der Waals surface area contributed by atoms with Gasteiger partial charge in [0.2, 0.25) is 0 Å². The number of fused-ring (bicyclic) bond motifs is 2. The summed E-state index contributed by atoms with van der Waals surface area (Å²) in [5, 5.41) is 1.00. The van der Waals surface area contributed by atoms with Crippen molar-refractivity contribution in [3.63, 3.8) is 0 Å². The van der Waals surface area contributed by atoms with Crippen molar-refractivity contribution in [3.05, 3.63) is 53.1 Å². The smallest absolute Gasteiger partial charge is 0.107 e. The van der Waals surface area contributed by atoms with E-state index < -0.39 is 10.8 Å². The van der Waals surface area contributed by atoms with Gasteiger partial charge in [-0.05, 0) is 51.3 Å². The second kappa shape index (κ2) is 3.99. The van der Waals surface area contributed by atoms with Crippen LogP contribution in [0.2, 0.25) is 0 Å². The molecule has 4 heteroatoms. The van der Waals surface area contributed by atoms with Crippen molar-refractivity contribution in [1.29, 1.82) is 0 Å². The summed E-state index contributed by atoms with van der Waals surface area (Å²) in [5.74, 6) is 0. The lowest BCUT2D eigenvalue weighted by Gasteiger charge is -2.19. The van der Waals surface area contributed by atoms with Gasteiger partial charge in [0.05, 0.1) is 26.1 Å². The fraction of sp³-hybridized carbons (Fsp3) is 0. The first-order valence-corrected chi connectivity index (χ1v) is 7.80. The van der Waals surface area contributed by atoms with Gasteiger partial charge in [-0.25, -0.2) is 9.19 Å². The Morgan fingerprint density at radius 2 is 1.74 bits per heavy atom. The SMILES string of the molecule is O=S1c2ccccc2-c2cc(Br)nc3cccc1c23. The van der Waals surface area contributed by atoms with Gasteiger partial charge in [0.15, 0.2) is 0 Å². The normalized spacial score (nSPS) is 16.4. The Morgan fingerprint density at radius 3 is 2.63 bits per heavy atom. The van der Waals surface area contributed by atoms with E-state index in [0.717, 1.165) is 36.4 Å². The molecule has 2 heterocycles. The summed E-state index contributed by atoms with van der Waals surface area (Å²) < 4.78 is 13.5. The molecule has 0 fully saturated rings. The highest BCUT2D eigenvalue weighted by atomic mass is 79.9. The summed E-state index contributed by atoms with van der Waals surface area (Å²) in [4.78, 5) is 6.20. The van der Waals surface area contributed by atoms with E-state index in [2.05, 4.69) is 20.9 Å². The Kier molecular flexibility index (Phi) is 2.37. The van der Waals surface area contributed by atoms with Crippen LogP contribution >= 0.6 is 15.9 Å². The number of hydrogen-bond acceptors (Lipinski definition) is 2. The molecule has 1 unspecified atom stereocenters. The lowest BCUT2D eigenvalue weighted by atomic mass is 10.0. The van der Waals surface area contributed by atoms with Gasteiger partial charge >= 0.3 is 0 Å². The Morgan fingerprint density at radius 1 is 0.947 bits per heavy atom. The number of hydrogen-bond donors (Lipinski definition) is 0. The molecule has 0 amide bonds. The summed E-state index contributed by atoms with van der Waals surface area (Å²) >= 11 is 3.45. The molecule has 0 saturated carbocycles. The van der Waals surface area contributed by atoms with E-state index in [1.54, 1.807) is 0 Å². The van der Waals surface area contributed by atoms with Gasteiger partial charge in [0, 0.05) is 5.39 Å². The van der Waals surface area contributed by atoms with Crippen molar-refractivity contribution in [2.75, 3.05) is 0 Å². The van der Waals surface area contributed by atoms with Crippen molar-refractivity contribution in [2.45, 2.75) is 9.79 Å². The third kappa shape index (κ3) is 1.53. The molecule has 0 aliphatic carbocycles. The zero-order valence-corrected chi connectivity index (χ0v) is 12.2. The highest BCUT2D eigenvalue weighted by molar-refractivity contribution is 9.10. The molecule has 19 heavy (non-hydrogen) atoms. The molecule has 2 nitrogen and oxygen atoms in total. The highest BCUT2D eigenvalue weighted by Crippen LogP contribution is 2.42. The predicted octanol–water partition coefficient (Wildman–Crippen LogP) is 4.14. The van der Waals surface area contributed by atoms with E-state index in [9.17, 15) is 4.21 Å². The minimum absolute atomic E-state index is 0.801. The molecule has 0 bridgehead atoms. The van der Waals surface area contributed by atoms with Gasteiger partial charge < -0.3 is 0 Å². The van der Waals surface area contributed by atoms with Crippen LogP contribution in [0.3, 0.4) is 0 Å². The predicted molar refractivity (Wildman–Crippen MR) is 79.6 cm³/mol. The van der Waals surface area contributed by atoms with E-state index in [1.165, 1.54) is 0 Å². The average Bonchev–Trinajstić information content (AvgIpc) is 2.44. The lowest BCUT2D eigenvalue weighted by Crippen LogP contribution is -2.04. The Bertz CT molecular complexity index is 860. The minimum atomic E-state index is -1.13. The monoisotopic (exact) mass is 329 g/mol. The minimum Gasteiger partial charge on any atom is -0.249 e. The summed E-state index contributed by atoms with van der Waals surface area (Å²) in [7, 11) is -1.13. The highest BCUT2D eigenvalue weighted by Gasteiger charge is 2.24. The largest absolute Gasteiger partial charge is 0.249 e. The van der Waals surface area contributed by atoms with Crippen molar-refractivity contribution >= 4 is 37.6 Å². The van der Waals surface area contributed by atoms with Crippen LogP contribution in [0.25, 0.3) is 22.0 Å². The number of rotatable bonds is 0. The van der Waals surface area contributed by atoms with Crippen LogP contribution in [0.15, 0.2) is 62.9 Å². The fourth-order valence-electron chi connectivity index (χ4n) is 2.56. The number of halogens is 1. The van der Waals surface area contributed by atoms with Gasteiger partial charge in [0.25, 0.3) is 0 Å². The maximum Gasteiger partial charge on any atom is 0.107 e. The second-order valence-corrected chi connectivity index (χ2v) is 6.64. The molecule has 1 atom stereocenters. The van der Waals surface area contributed by atoms with Crippen molar-refractivity contribution in [3.8, 4) is 11.1 Å². The molecular formula is C15H8BrNOS. The zero-order valence-electron chi connectivity index (χ0n) is 9.76. The Balaban J connectivity index is 2.28. The van der Waals surface area contributed by atoms with Gasteiger partial charge in [-0.2, -0.15) is 0 Å². The molecule has 3 aromatic rings. The summed E-state index contributed by atoms with van der Waals surface area (Å²) in [6.45, 7) is 0. The molecule has 0 saturated heterocycles. The number of nitrogens with zero attached hydrogens (tertiary/aromatic N) is 1. The van der Waals surface area contributed by atoms with Crippen LogP contribution in [0, 0.1) is 0 Å². The van der Waals surface area contributed by atoms with Gasteiger partial charge in [-0.3, -0.25) is 0 Å². The van der Waals surface area contributed by atoms with Crippen LogP contribution in [-0.2, 0) is 10.8 Å². The first kappa shape index (κ1) is 11.3. The molecule has 4 rings (SSSR count). The first-order valence-electron chi connectivity index (χ1n) is 5.86. The number of pyridine rings is 1. The third-order valence-electron chi connectivity index (χ3n) is 3.34. The van der Waals surface area contributed by atoms with E-state index in [4.69, 9.17) is 0 Å². The van der Waals surface area contributed by atoms with Gasteiger partial charge in [-0.1, -0.05) is 24.3 Å². The molecule has 1 aliphatic rings. The topological polar surface area (TPSA) is 30.0 Å². The summed E-state index contributed by atoms with van der Waals surface area (Å²) in [6, 6.07) is 15.6. The lowest BCUT2D eigenvalue weighted by molar-refractivity contribution is 0.683. The van der Waals surface area contributed by atoms with E-state index >= 15 is 0 Å². The molecular weight excluding hydrogens is 322 g/mol. The molecule has 0 N–H and O–H groups in total. The summed E-state index contributed by atoms with van der Waals surface area (Å²) in [6.07, 6.45) is 0. The van der Waals surface area contributed by atoms with E-state index in [-0.39, 0.29) is 0 Å². The molecule has 1 aromatic heterocycles. The van der Waals surface area contributed by atoms with Gasteiger partial charge in [0.1, 0.15) is 4.60 Å². The number of aromatic nitrogens is 1. The van der Waals surface area contributed by atoms with Crippen LogP contribution in [0.4, 0.5) is 0 Å². The number of benzene rings is 2. The van der Waals surface area contributed by atoms with Crippen molar-refractivity contribution in [1.82, 2.24) is 4.98 Å². The van der Waals surface area contributed by atoms with Crippen molar-refractivity contribution in [2.24, 2.45) is 0 Å². The molecule has 92 valence electrons. The van der Waals surface area contributed by atoms with Crippen LogP contribution in [0.5, 0.6) is 0 Å². The third-order valence-corrected chi connectivity index (χ3v) is 5.24. The summed E-state index contributed by atoms with van der Waals surface area (Å²) in [5.41, 5.74) is 3.01. The quantitative estimate of drug-likeness (QED) is 0.454. The van der Waals surface area contributed by atoms with Crippen LogP contribution in [-0.4, -0.2) is 9.19 Å². The average molecular weight is 330 g/mol. The van der Waals surface area contributed by atoms with Crippen LogP contribution in [0.1, 0.15) is 0 Å². The van der Waals surface area contributed by atoms with E-state index in [0.29, 0.717) is 0 Å². The Hall–Kier alpha value is -1.52. The second-order valence-electron chi connectivity index (χ2n) is 4.41. The zero-order chi connectivity index (χ0) is 13.0. The standard InChI is InChI=1S/C15H8BrNOS/c16-14-8-10-9-4-1-2-6-12(9)19(18)13-7-3-5-11(17-14)15(10)13/h1-8H. The molecule has 2 aromatic carbocycles. The molecule has 0 spiro atoms. The van der Waals surface area contributed by atoms with Crippen LogP contribution < -0.4 is 0 Å².